The highest BCUT2D eigenvalue weighted by molar-refractivity contribution is 5.94. The van der Waals surface area contributed by atoms with E-state index in [-0.39, 0.29) is 36.3 Å². The highest BCUT2D eigenvalue weighted by Crippen LogP contribution is 2.47. The van der Waals surface area contributed by atoms with Crippen LogP contribution in [-0.2, 0) is 17.7 Å². The Morgan fingerprint density at radius 3 is 2.55 bits per heavy atom. The third kappa shape index (κ3) is 5.15. The van der Waals surface area contributed by atoms with Crippen LogP contribution >= 0.6 is 0 Å². The lowest BCUT2D eigenvalue weighted by Crippen LogP contribution is -2.31. The SMILES string of the molecule is CCCCOc1cc2c(cc1CC)-c1c(c(O)c(C(=O)OC)c(=O)n1Cc1ccccc1)[C@H](C(C)C)CO2. The summed E-state index contributed by atoms with van der Waals surface area (Å²) in [4.78, 5) is 26.7. The summed E-state index contributed by atoms with van der Waals surface area (Å²) in [7, 11) is 1.21. The van der Waals surface area contributed by atoms with Crippen LogP contribution in [0.4, 0.5) is 0 Å². The number of aryl methyl sites for hydroxylation is 1. The first kappa shape index (κ1) is 27.3. The predicted molar refractivity (Wildman–Crippen MR) is 148 cm³/mol. The standard InChI is InChI=1S/C31H37NO6/c1-6-8-14-37-24-16-25-22(15-21(24)7-2)28-26(23(18-38-25)19(3)4)29(33)27(31(35)36-5)30(34)32(28)17-20-12-10-9-11-13-20/h9-13,15-16,19,23,33H,6-8,14,17-18H2,1-5H3/t23-/m0/s1. The van der Waals surface area contributed by atoms with Crippen LogP contribution in [0.3, 0.4) is 0 Å². The smallest absolute Gasteiger partial charge is 0.347 e. The molecule has 38 heavy (non-hydrogen) atoms. The second kappa shape index (κ2) is 11.8. The van der Waals surface area contributed by atoms with Crippen molar-refractivity contribution in [3.05, 3.63) is 75.1 Å². The molecular weight excluding hydrogens is 482 g/mol. The molecule has 1 atom stereocenters. The molecular formula is C31H37NO6. The molecule has 1 aromatic heterocycles. The molecule has 2 heterocycles. The van der Waals surface area contributed by atoms with Crippen LogP contribution in [0.5, 0.6) is 17.2 Å². The zero-order valence-corrected chi connectivity index (χ0v) is 22.9. The minimum absolute atomic E-state index is 0.0491. The number of rotatable bonds is 9. The molecule has 1 aliphatic rings. The van der Waals surface area contributed by atoms with E-state index < -0.39 is 11.5 Å². The lowest BCUT2D eigenvalue weighted by atomic mass is 9.85. The van der Waals surface area contributed by atoms with E-state index in [0.717, 1.165) is 29.7 Å². The van der Waals surface area contributed by atoms with E-state index in [9.17, 15) is 14.7 Å². The van der Waals surface area contributed by atoms with Gasteiger partial charge in [-0.2, -0.15) is 0 Å². The van der Waals surface area contributed by atoms with Gasteiger partial charge >= 0.3 is 5.97 Å². The fraction of sp³-hybridized carbons (Fsp3) is 0.419. The van der Waals surface area contributed by atoms with Crippen LogP contribution in [0.2, 0.25) is 0 Å². The van der Waals surface area contributed by atoms with Gasteiger partial charge < -0.3 is 23.9 Å². The zero-order valence-electron chi connectivity index (χ0n) is 22.9. The zero-order chi connectivity index (χ0) is 27.4. The van der Waals surface area contributed by atoms with Crippen molar-refractivity contribution in [2.75, 3.05) is 20.3 Å². The molecule has 4 rings (SSSR count). The molecule has 0 amide bonds. The van der Waals surface area contributed by atoms with Crippen molar-refractivity contribution in [3.63, 3.8) is 0 Å². The molecule has 0 saturated carbocycles. The summed E-state index contributed by atoms with van der Waals surface area (Å²) < 4.78 is 19.0. The van der Waals surface area contributed by atoms with Crippen LogP contribution < -0.4 is 15.0 Å². The average Bonchev–Trinajstić information content (AvgIpc) is 3.08. The number of aromatic hydroxyl groups is 1. The molecule has 0 fully saturated rings. The van der Waals surface area contributed by atoms with Gasteiger partial charge in [0.1, 0.15) is 17.2 Å². The molecule has 1 aliphatic heterocycles. The number of carbonyl (C=O) groups excluding carboxylic acids is 1. The summed E-state index contributed by atoms with van der Waals surface area (Å²) in [6.45, 7) is 9.34. The Labute approximate surface area is 224 Å². The second-order valence-corrected chi connectivity index (χ2v) is 10.0. The number of carbonyl (C=O) groups is 1. The van der Waals surface area contributed by atoms with Crippen molar-refractivity contribution in [2.45, 2.75) is 59.4 Å². The van der Waals surface area contributed by atoms with Crippen molar-refractivity contribution in [3.8, 4) is 28.5 Å². The molecule has 0 saturated heterocycles. The van der Waals surface area contributed by atoms with Crippen LogP contribution in [0.25, 0.3) is 11.3 Å². The first-order chi connectivity index (χ1) is 18.3. The van der Waals surface area contributed by atoms with Crippen molar-refractivity contribution >= 4 is 5.97 Å². The fourth-order valence-electron chi connectivity index (χ4n) is 5.01. The van der Waals surface area contributed by atoms with Gasteiger partial charge in [-0.3, -0.25) is 4.79 Å². The predicted octanol–water partition coefficient (Wildman–Crippen LogP) is 5.93. The van der Waals surface area contributed by atoms with E-state index in [1.165, 1.54) is 7.11 Å². The van der Waals surface area contributed by atoms with Crippen molar-refractivity contribution in [1.29, 1.82) is 0 Å². The molecule has 1 N–H and O–H groups in total. The van der Waals surface area contributed by atoms with Gasteiger partial charge in [-0.1, -0.05) is 64.4 Å². The van der Waals surface area contributed by atoms with E-state index in [4.69, 9.17) is 14.2 Å². The topological polar surface area (TPSA) is 87.0 Å². The molecule has 2 aromatic carbocycles. The van der Waals surface area contributed by atoms with Gasteiger partial charge in [0.25, 0.3) is 5.56 Å². The van der Waals surface area contributed by atoms with Gasteiger partial charge in [-0.25, -0.2) is 4.79 Å². The molecule has 7 heteroatoms. The largest absolute Gasteiger partial charge is 0.506 e. The van der Waals surface area contributed by atoms with Crippen molar-refractivity contribution in [1.82, 2.24) is 4.57 Å². The quantitative estimate of drug-likeness (QED) is 0.279. The number of pyridine rings is 1. The maximum Gasteiger partial charge on any atom is 0.347 e. The Morgan fingerprint density at radius 2 is 1.92 bits per heavy atom. The first-order valence-corrected chi connectivity index (χ1v) is 13.4. The van der Waals surface area contributed by atoms with Crippen LogP contribution in [0.1, 0.15) is 73.5 Å². The lowest BCUT2D eigenvalue weighted by Gasteiger charge is -2.25. The number of unbranched alkanes of at least 4 members (excludes halogenated alkanes) is 1. The Morgan fingerprint density at radius 1 is 1.18 bits per heavy atom. The number of fused-ring (bicyclic) bond motifs is 3. The van der Waals surface area contributed by atoms with Gasteiger partial charge in [0.2, 0.25) is 0 Å². The Kier molecular flexibility index (Phi) is 8.45. The van der Waals surface area contributed by atoms with E-state index in [1.807, 2.05) is 56.3 Å². The number of hydrogen-bond donors (Lipinski definition) is 1. The van der Waals surface area contributed by atoms with Crippen LogP contribution in [-0.4, -0.2) is 36.0 Å². The number of esters is 1. The van der Waals surface area contributed by atoms with Crippen molar-refractivity contribution < 1.29 is 24.1 Å². The number of aromatic nitrogens is 1. The van der Waals surface area contributed by atoms with E-state index >= 15 is 0 Å². The molecule has 202 valence electrons. The minimum Gasteiger partial charge on any atom is -0.506 e. The summed E-state index contributed by atoms with van der Waals surface area (Å²) in [5.41, 5.74) is 2.69. The second-order valence-electron chi connectivity index (χ2n) is 10.0. The highest BCUT2D eigenvalue weighted by Gasteiger charge is 2.36. The van der Waals surface area contributed by atoms with Gasteiger partial charge in [-0.05, 0) is 36.0 Å². The van der Waals surface area contributed by atoms with Gasteiger partial charge in [-0.15, -0.1) is 0 Å². The number of benzene rings is 2. The Balaban J connectivity index is 2.07. The molecule has 3 aromatic rings. The van der Waals surface area contributed by atoms with E-state index in [2.05, 4.69) is 13.8 Å². The minimum atomic E-state index is -0.862. The molecule has 7 nitrogen and oxygen atoms in total. The Hall–Kier alpha value is -3.74. The summed E-state index contributed by atoms with van der Waals surface area (Å²) in [6.07, 6.45) is 2.69. The van der Waals surface area contributed by atoms with Gasteiger partial charge in [0.15, 0.2) is 5.56 Å². The molecule has 0 unspecified atom stereocenters. The maximum atomic E-state index is 13.9. The maximum absolute atomic E-state index is 13.9. The first-order valence-electron chi connectivity index (χ1n) is 13.4. The van der Waals surface area contributed by atoms with Crippen LogP contribution in [0, 0.1) is 5.92 Å². The Bertz CT molecular complexity index is 1360. The van der Waals surface area contributed by atoms with Gasteiger partial charge in [0, 0.05) is 23.1 Å². The summed E-state index contributed by atoms with van der Waals surface area (Å²) in [6, 6.07) is 13.5. The van der Waals surface area contributed by atoms with Gasteiger partial charge in [0.05, 0.1) is 32.6 Å². The third-order valence-electron chi connectivity index (χ3n) is 7.20. The number of nitrogens with zero attached hydrogens (tertiary/aromatic N) is 1. The summed E-state index contributed by atoms with van der Waals surface area (Å²) >= 11 is 0. The molecule has 0 aliphatic carbocycles. The van der Waals surface area contributed by atoms with E-state index in [0.29, 0.717) is 35.6 Å². The lowest BCUT2D eigenvalue weighted by molar-refractivity contribution is 0.0594. The van der Waals surface area contributed by atoms with Crippen LogP contribution in [0.15, 0.2) is 47.3 Å². The fourth-order valence-corrected chi connectivity index (χ4v) is 5.01. The average molecular weight is 520 g/mol. The molecule has 0 spiro atoms. The van der Waals surface area contributed by atoms with E-state index in [1.54, 1.807) is 4.57 Å². The van der Waals surface area contributed by atoms with Crippen molar-refractivity contribution in [2.24, 2.45) is 5.92 Å². The number of ether oxygens (including phenoxy) is 3. The number of methoxy groups -OCH3 is 1. The summed E-state index contributed by atoms with van der Waals surface area (Å²) in [5.74, 6) is -0.0799. The molecule has 0 bridgehead atoms. The molecule has 0 radical (unpaired) electrons. The summed E-state index contributed by atoms with van der Waals surface area (Å²) in [5, 5.41) is 11.5. The third-order valence-corrected chi connectivity index (χ3v) is 7.20. The normalized spacial score (nSPS) is 14.3. The monoisotopic (exact) mass is 519 g/mol. The number of hydrogen-bond acceptors (Lipinski definition) is 6. The highest BCUT2D eigenvalue weighted by atomic mass is 16.5.